The molecule has 0 N–H and O–H groups in total. The smallest absolute Gasteiger partial charge is 0.162 e. The molecule has 0 aliphatic carbocycles. The summed E-state index contributed by atoms with van der Waals surface area (Å²) in [5.41, 5.74) is 1.73. The summed E-state index contributed by atoms with van der Waals surface area (Å²) in [6.07, 6.45) is 1.76. The van der Waals surface area contributed by atoms with E-state index in [4.69, 9.17) is 28.2 Å². The van der Waals surface area contributed by atoms with Gasteiger partial charge in [-0.05, 0) is 25.0 Å². The first-order valence-corrected chi connectivity index (χ1v) is 9.54. The van der Waals surface area contributed by atoms with Gasteiger partial charge in [-0.25, -0.2) is 4.98 Å². The molecule has 2 nitrogen and oxygen atoms in total. The second-order valence-electron chi connectivity index (χ2n) is 5.67. The van der Waals surface area contributed by atoms with Crippen LogP contribution in [-0.2, 0) is 0 Å². The van der Waals surface area contributed by atoms with Crippen molar-refractivity contribution in [2.75, 3.05) is 0 Å². The van der Waals surface area contributed by atoms with Gasteiger partial charge in [0.2, 0.25) is 0 Å². The lowest BCUT2D eigenvalue weighted by Gasteiger charge is -2.14. The number of Topliss-reactive ketones (excluding diaryl/α,β-unsaturated/α-hetero) is 1. The Hall–Kier alpha value is -1.42. The normalized spacial score (nSPS) is 12.6. The number of aromatic nitrogens is 1. The summed E-state index contributed by atoms with van der Waals surface area (Å²) < 4.78 is 1.15. The predicted octanol–water partition coefficient (Wildman–Crippen LogP) is 6.24. The summed E-state index contributed by atoms with van der Waals surface area (Å²) in [7, 11) is 0. The van der Waals surface area contributed by atoms with Crippen LogP contribution < -0.4 is 0 Å². The number of hydrogen-bond acceptors (Lipinski definition) is 3. The topological polar surface area (TPSA) is 30.0 Å². The number of carbonyl (C=O) groups excluding carboxylic acids is 1. The first-order chi connectivity index (χ1) is 11.6. The number of alkyl halides is 2. The lowest BCUT2D eigenvalue weighted by Crippen LogP contribution is -2.07. The largest absolute Gasteiger partial charge is 0.294 e. The summed E-state index contributed by atoms with van der Waals surface area (Å²) >= 11 is 13.7. The molecule has 0 fully saturated rings. The van der Waals surface area contributed by atoms with Crippen LogP contribution in [0.5, 0.6) is 0 Å². The maximum atomic E-state index is 12.4. The standard InChI is InChI=1S/C19H17Cl2NOS/c20-18(21)12-14(10-11-16(23)13-6-2-1-3-7-13)19-22-15-8-4-5-9-17(15)24-19/h1-9,14,18H,10-12H2. The van der Waals surface area contributed by atoms with E-state index in [1.54, 1.807) is 11.3 Å². The molecule has 24 heavy (non-hydrogen) atoms. The van der Waals surface area contributed by atoms with Gasteiger partial charge in [0.25, 0.3) is 0 Å². The van der Waals surface area contributed by atoms with Gasteiger partial charge in [-0.15, -0.1) is 34.5 Å². The van der Waals surface area contributed by atoms with E-state index in [1.165, 1.54) is 0 Å². The number of fused-ring (bicyclic) bond motifs is 1. The molecule has 0 bridgehead atoms. The van der Waals surface area contributed by atoms with Crippen molar-refractivity contribution in [1.82, 2.24) is 4.98 Å². The van der Waals surface area contributed by atoms with Crippen molar-refractivity contribution in [1.29, 1.82) is 0 Å². The highest BCUT2D eigenvalue weighted by atomic mass is 35.5. The van der Waals surface area contributed by atoms with Crippen molar-refractivity contribution in [3.63, 3.8) is 0 Å². The van der Waals surface area contributed by atoms with Crippen LogP contribution in [0.3, 0.4) is 0 Å². The minimum atomic E-state index is -0.464. The molecule has 0 radical (unpaired) electrons. The first-order valence-electron chi connectivity index (χ1n) is 7.85. The van der Waals surface area contributed by atoms with Gasteiger partial charge in [-0.2, -0.15) is 0 Å². The highest BCUT2D eigenvalue weighted by Crippen LogP contribution is 2.35. The van der Waals surface area contributed by atoms with Gasteiger partial charge < -0.3 is 0 Å². The van der Waals surface area contributed by atoms with Gasteiger partial charge in [0, 0.05) is 17.9 Å². The number of nitrogens with zero attached hydrogens (tertiary/aromatic N) is 1. The first kappa shape index (κ1) is 17.4. The minimum absolute atomic E-state index is 0.0927. The Balaban J connectivity index is 1.75. The van der Waals surface area contributed by atoms with Gasteiger partial charge in [-0.1, -0.05) is 42.5 Å². The molecule has 124 valence electrons. The van der Waals surface area contributed by atoms with E-state index in [-0.39, 0.29) is 11.7 Å². The molecular formula is C19H17Cl2NOS. The number of ketones is 1. The summed E-state index contributed by atoms with van der Waals surface area (Å²) in [5.74, 6) is 0.234. The van der Waals surface area contributed by atoms with Crippen LogP contribution in [-0.4, -0.2) is 15.6 Å². The minimum Gasteiger partial charge on any atom is -0.294 e. The van der Waals surface area contributed by atoms with E-state index in [0.29, 0.717) is 19.3 Å². The maximum Gasteiger partial charge on any atom is 0.162 e. The van der Waals surface area contributed by atoms with E-state index < -0.39 is 4.84 Å². The third kappa shape index (κ3) is 4.35. The second-order valence-corrected chi connectivity index (χ2v) is 8.01. The molecule has 1 aromatic heterocycles. The zero-order valence-corrected chi connectivity index (χ0v) is 15.3. The summed E-state index contributed by atoms with van der Waals surface area (Å²) in [6.45, 7) is 0. The molecule has 0 saturated heterocycles. The molecule has 0 aliphatic heterocycles. The number of rotatable bonds is 7. The van der Waals surface area contributed by atoms with Crippen LogP contribution in [0.2, 0.25) is 0 Å². The van der Waals surface area contributed by atoms with Gasteiger partial charge in [-0.3, -0.25) is 4.79 Å². The predicted molar refractivity (Wildman–Crippen MR) is 102 cm³/mol. The lowest BCUT2D eigenvalue weighted by atomic mass is 9.97. The Morgan fingerprint density at radius 3 is 2.46 bits per heavy atom. The molecule has 2 aromatic carbocycles. The Bertz CT molecular complexity index is 783. The highest BCUT2D eigenvalue weighted by molar-refractivity contribution is 7.18. The number of benzene rings is 2. The van der Waals surface area contributed by atoms with Crippen molar-refractivity contribution < 1.29 is 4.79 Å². The van der Waals surface area contributed by atoms with Gasteiger partial charge >= 0.3 is 0 Å². The maximum absolute atomic E-state index is 12.4. The molecule has 3 aromatic rings. The van der Waals surface area contributed by atoms with Crippen LogP contribution in [0.15, 0.2) is 54.6 Å². The van der Waals surface area contributed by atoms with Gasteiger partial charge in [0.15, 0.2) is 5.78 Å². The van der Waals surface area contributed by atoms with Crippen molar-refractivity contribution in [2.24, 2.45) is 0 Å². The fourth-order valence-corrected chi connectivity index (χ4v) is 4.24. The molecule has 0 saturated carbocycles. The highest BCUT2D eigenvalue weighted by Gasteiger charge is 2.21. The quantitative estimate of drug-likeness (QED) is 0.360. The fraction of sp³-hybridized carbons (Fsp3) is 0.263. The van der Waals surface area contributed by atoms with E-state index in [1.807, 2.05) is 48.5 Å². The summed E-state index contributed by atoms with van der Waals surface area (Å²) in [4.78, 5) is 16.6. The molecule has 1 unspecified atom stereocenters. The molecule has 1 atom stereocenters. The fourth-order valence-electron chi connectivity index (χ4n) is 2.70. The molecule has 1 heterocycles. The third-order valence-corrected chi connectivity index (χ3v) is 5.49. The average molecular weight is 378 g/mol. The number of carbonyl (C=O) groups is 1. The monoisotopic (exact) mass is 377 g/mol. The van der Waals surface area contributed by atoms with Crippen LogP contribution in [0.25, 0.3) is 10.2 Å². The van der Waals surface area contributed by atoms with Crippen LogP contribution in [0.4, 0.5) is 0 Å². The molecule has 5 heteroatoms. The van der Waals surface area contributed by atoms with Crippen LogP contribution in [0, 0.1) is 0 Å². The molecule has 3 rings (SSSR count). The number of halogens is 2. The van der Waals surface area contributed by atoms with Gasteiger partial charge in [0.05, 0.1) is 15.2 Å². The molecule has 0 amide bonds. The summed E-state index contributed by atoms with van der Waals surface area (Å²) in [5, 5.41) is 1.00. The number of para-hydroxylation sites is 1. The van der Waals surface area contributed by atoms with E-state index in [9.17, 15) is 4.79 Å². The Kier molecular flexibility index (Phi) is 5.88. The third-order valence-electron chi connectivity index (χ3n) is 3.94. The SMILES string of the molecule is O=C(CCC(CC(Cl)Cl)c1nc2ccccc2s1)c1ccccc1. The summed E-state index contributed by atoms with van der Waals surface area (Å²) in [6, 6.07) is 17.4. The Labute approximate surface area is 155 Å². The number of hydrogen-bond donors (Lipinski definition) is 0. The van der Waals surface area contributed by atoms with E-state index >= 15 is 0 Å². The van der Waals surface area contributed by atoms with Crippen molar-refractivity contribution in [3.8, 4) is 0 Å². The average Bonchev–Trinajstić information content (AvgIpc) is 3.02. The lowest BCUT2D eigenvalue weighted by molar-refractivity contribution is 0.0977. The van der Waals surface area contributed by atoms with E-state index in [2.05, 4.69) is 6.07 Å². The van der Waals surface area contributed by atoms with Gasteiger partial charge in [0.1, 0.15) is 4.84 Å². The zero-order chi connectivity index (χ0) is 16.9. The zero-order valence-electron chi connectivity index (χ0n) is 13.0. The molecular weight excluding hydrogens is 361 g/mol. The Morgan fingerprint density at radius 2 is 1.75 bits per heavy atom. The van der Waals surface area contributed by atoms with E-state index in [0.717, 1.165) is 20.8 Å². The van der Waals surface area contributed by atoms with Crippen LogP contribution in [0.1, 0.15) is 40.5 Å². The Morgan fingerprint density at radius 1 is 1.04 bits per heavy atom. The number of thiazole rings is 1. The van der Waals surface area contributed by atoms with Crippen molar-refractivity contribution in [2.45, 2.75) is 30.0 Å². The molecule has 0 aliphatic rings. The second kappa shape index (κ2) is 8.11. The van der Waals surface area contributed by atoms with Crippen molar-refractivity contribution in [3.05, 3.63) is 65.2 Å². The van der Waals surface area contributed by atoms with Crippen molar-refractivity contribution >= 4 is 50.5 Å². The molecule has 0 spiro atoms. The van der Waals surface area contributed by atoms with Crippen LogP contribution >= 0.6 is 34.5 Å².